The number of nitrogens with one attached hydrogen (secondary N) is 1. The van der Waals surface area contributed by atoms with E-state index in [1.54, 1.807) is 0 Å². The van der Waals surface area contributed by atoms with Gasteiger partial charge in [-0.05, 0) is 50.3 Å². The lowest BCUT2D eigenvalue weighted by Gasteiger charge is -2.14. The Bertz CT molecular complexity index is 733. The molecule has 1 amide bonds. The van der Waals surface area contributed by atoms with Crippen LogP contribution in [-0.2, 0) is 11.8 Å². The van der Waals surface area contributed by atoms with Crippen LogP contribution < -0.4 is 5.32 Å². The van der Waals surface area contributed by atoms with Crippen LogP contribution in [-0.4, -0.2) is 26.7 Å². The number of nitrogens with zero attached hydrogens (tertiary/aromatic N) is 2. The number of rotatable bonds is 3. The second-order valence-electron chi connectivity index (χ2n) is 6.60. The first kappa shape index (κ1) is 13.8. The summed E-state index contributed by atoms with van der Waals surface area (Å²) in [4.78, 5) is 17.0. The minimum atomic E-state index is -0.500. The fourth-order valence-electron chi connectivity index (χ4n) is 3.48. The van der Waals surface area contributed by atoms with Gasteiger partial charge in [0.25, 0.3) is 0 Å². The van der Waals surface area contributed by atoms with Gasteiger partial charge >= 0.3 is 0 Å². The Hall–Kier alpha value is -1.88. The third-order valence-electron chi connectivity index (χ3n) is 4.94. The number of carbonyl (C=O) groups is 1. The number of hydrogen-bond acceptors (Lipinski definition) is 3. The number of imidazole rings is 1. The van der Waals surface area contributed by atoms with Crippen LogP contribution in [0.3, 0.4) is 0 Å². The summed E-state index contributed by atoms with van der Waals surface area (Å²) >= 11 is 0. The van der Waals surface area contributed by atoms with Crippen molar-refractivity contribution in [3.63, 3.8) is 0 Å². The predicted molar refractivity (Wildman–Crippen MR) is 84.7 cm³/mol. The van der Waals surface area contributed by atoms with Crippen molar-refractivity contribution in [1.82, 2.24) is 9.55 Å². The van der Waals surface area contributed by atoms with E-state index < -0.39 is 6.10 Å². The van der Waals surface area contributed by atoms with E-state index >= 15 is 0 Å². The van der Waals surface area contributed by atoms with Crippen LogP contribution in [0.1, 0.15) is 43.8 Å². The molecule has 0 aliphatic heterocycles. The molecule has 5 nitrogen and oxygen atoms in total. The molecule has 2 aliphatic carbocycles. The number of aliphatic hydroxyl groups excluding tert-OH is 1. The van der Waals surface area contributed by atoms with Gasteiger partial charge in [0.15, 0.2) is 0 Å². The molecule has 2 aliphatic rings. The number of amides is 1. The molecular formula is C17H21N3O2. The van der Waals surface area contributed by atoms with Gasteiger partial charge in [-0.3, -0.25) is 4.79 Å². The van der Waals surface area contributed by atoms with Crippen LogP contribution >= 0.6 is 0 Å². The van der Waals surface area contributed by atoms with Crippen molar-refractivity contribution in [3.05, 3.63) is 24.0 Å². The molecule has 22 heavy (non-hydrogen) atoms. The average molecular weight is 299 g/mol. The molecule has 5 heteroatoms. The van der Waals surface area contributed by atoms with Gasteiger partial charge in [-0.15, -0.1) is 0 Å². The lowest BCUT2D eigenvalue weighted by Crippen LogP contribution is -2.28. The van der Waals surface area contributed by atoms with Crippen LogP contribution in [0.5, 0.6) is 0 Å². The molecule has 1 aromatic heterocycles. The number of aromatic nitrogens is 2. The Kier molecular flexibility index (Phi) is 3.18. The van der Waals surface area contributed by atoms with E-state index in [1.165, 1.54) is 12.8 Å². The Morgan fingerprint density at radius 2 is 2.14 bits per heavy atom. The SMILES string of the molecule is Cn1c(C2CC2)nc2cc(NC(=O)C3CCCC3O)ccc21. The third-order valence-corrected chi connectivity index (χ3v) is 4.94. The fourth-order valence-corrected chi connectivity index (χ4v) is 3.48. The maximum absolute atomic E-state index is 12.3. The molecule has 2 aromatic rings. The highest BCUT2D eigenvalue weighted by atomic mass is 16.3. The van der Waals surface area contributed by atoms with Crippen molar-refractivity contribution in [2.24, 2.45) is 13.0 Å². The van der Waals surface area contributed by atoms with E-state index in [0.29, 0.717) is 5.92 Å². The minimum Gasteiger partial charge on any atom is -0.392 e. The zero-order chi connectivity index (χ0) is 15.3. The number of carbonyl (C=O) groups excluding carboxylic acids is 1. The molecule has 116 valence electrons. The minimum absolute atomic E-state index is 0.0808. The van der Waals surface area contributed by atoms with Crippen molar-refractivity contribution < 1.29 is 9.90 Å². The molecule has 1 heterocycles. The lowest BCUT2D eigenvalue weighted by molar-refractivity contribution is -0.122. The van der Waals surface area contributed by atoms with E-state index in [1.807, 2.05) is 18.2 Å². The Balaban J connectivity index is 1.58. The zero-order valence-electron chi connectivity index (χ0n) is 12.7. The summed E-state index contributed by atoms with van der Waals surface area (Å²) in [6.07, 6.45) is 4.36. The summed E-state index contributed by atoms with van der Waals surface area (Å²) < 4.78 is 2.15. The van der Waals surface area contributed by atoms with Crippen LogP contribution in [0.2, 0.25) is 0 Å². The van der Waals surface area contributed by atoms with Gasteiger partial charge in [-0.1, -0.05) is 0 Å². The van der Waals surface area contributed by atoms with Crippen molar-refractivity contribution >= 4 is 22.6 Å². The Morgan fingerprint density at radius 3 is 2.82 bits per heavy atom. The van der Waals surface area contributed by atoms with Crippen molar-refractivity contribution in [2.45, 2.75) is 44.1 Å². The molecule has 2 saturated carbocycles. The quantitative estimate of drug-likeness (QED) is 0.915. The standard InChI is InChI=1S/C17H21N3O2/c1-20-14-8-7-11(9-13(14)19-16(20)10-5-6-10)18-17(22)12-3-2-4-15(12)21/h7-10,12,15,21H,2-6H2,1H3,(H,18,22). The number of aryl methyl sites for hydroxylation is 1. The molecular weight excluding hydrogens is 278 g/mol. The Labute approximate surface area is 129 Å². The summed E-state index contributed by atoms with van der Waals surface area (Å²) in [6, 6.07) is 5.86. The van der Waals surface area contributed by atoms with Gasteiger partial charge in [-0.2, -0.15) is 0 Å². The van der Waals surface area contributed by atoms with Gasteiger partial charge in [0.2, 0.25) is 5.91 Å². The maximum Gasteiger partial charge on any atom is 0.230 e. The molecule has 0 bridgehead atoms. The molecule has 2 fully saturated rings. The van der Waals surface area contributed by atoms with E-state index in [4.69, 9.17) is 4.98 Å². The second kappa shape index (κ2) is 5.09. The van der Waals surface area contributed by atoms with Gasteiger partial charge in [-0.25, -0.2) is 4.98 Å². The van der Waals surface area contributed by atoms with Gasteiger partial charge in [0.1, 0.15) is 5.82 Å². The first-order chi connectivity index (χ1) is 10.6. The smallest absolute Gasteiger partial charge is 0.230 e. The molecule has 0 spiro atoms. The summed E-state index contributed by atoms with van der Waals surface area (Å²) in [5, 5.41) is 12.8. The number of benzene rings is 1. The topological polar surface area (TPSA) is 67.2 Å². The van der Waals surface area contributed by atoms with Crippen molar-refractivity contribution in [1.29, 1.82) is 0 Å². The van der Waals surface area contributed by atoms with Crippen LogP contribution in [0.15, 0.2) is 18.2 Å². The fraction of sp³-hybridized carbons (Fsp3) is 0.529. The monoisotopic (exact) mass is 299 g/mol. The maximum atomic E-state index is 12.3. The molecule has 0 saturated heterocycles. The highest BCUT2D eigenvalue weighted by Gasteiger charge is 2.32. The van der Waals surface area contributed by atoms with Gasteiger partial charge < -0.3 is 15.0 Å². The largest absolute Gasteiger partial charge is 0.392 e. The number of hydrogen-bond donors (Lipinski definition) is 2. The van der Waals surface area contributed by atoms with Gasteiger partial charge in [0.05, 0.1) is 23.1 Å². The average Bonchev–Trinajstić information content (AvgIpc) is 3.17. The molecule has 4 rings (SSSR count). The van der Waals surface area contributed by atoms with Crippen LogP contribution in [0.4, 0.5) is 5.69 Å². The number of anilines is 1. The summed E-state index contributed by atoms with van der Waals surface area (Å²) in [5.41, 5.74) is 2.78. The number of aliphatic hydroxyl groups is 1. The van der Waals surface area contributed by atoms with Crippen LogP contribution in [0, 0.1) is 5.92 Å². The first-order valence-corrected chi connectivity index (χ1v) is 8.09. The van der Waals surface area contributed by atoms with E-state index in [0.717, 1.165) is 41.8 Å². The zero-order valence-corrected chi connectivity index (χ0v) is 12.7. The van der Waals surface area contributed by atoms with Crippen molar-refractivity contribution in [2.75, 3.05) is 5.32 Å². The predicted octanol–water partition coefficient (Wildman–Crippen LogP) is 2.55. The van der Waals surface area contributed by atoms with E-state index in [9.17, 15) is 9.90 Å². The lowest BCUT2D eigenvalue weighted by atomic mass is 10.1. The third kappa shape index (κ3) is 2.29. The summed E-state index contributed by atoms with van der Waals surface area (Å²) in [5.74, 6) is 1.39. The molecule has 2 atom stereocenters. The highest BCUT2D eigenvalue weighted by molar-refractivity contribution is 5.95. The molecule has 0 radical (unpaired) electrons. The summed E-state index contributed by atoms with van der Waals surface area (Å²) in [6.45, 7) is 0. The molecule has 1 aromatic carbocycles. The summed E-state index contributed by atoms with van der Waals surface area (Å²) in [7, 11) is 2.05. The highest BCUT2D eigenvalue weighted by Crippen LogP contribution is 2.40. The molecule has 2 N–H and O–H groups in total. The van der Waals surface area contributed by atoms with E-state index in [2.05, 4.69) is 16.9 Å². The van der Waals surface area contributed by atoms with Gasteiger partial charge in [0, 0.05) is 18.7 Å². The van der Waals surface area contributed by atoms with Crippen molar-refractivity contribution in [3.8, 4) is 0 Å². The Morgan fingerprint density at radius 1 is 1.32 bits per heavy atom. The number of fused-ring (bicyclic) bond motifs is 1. The normalized spacial score (nSPS) is 24.8. The second-order valence-corrected chi connectivity index (χ2v) is 6.60. The first-order valence-electron chi connectivity index (χ1n) is 8.09. The van der Waals surface area contributed by atoms with Crippen LogP contribution in [0.25, 0.3) is 11.0 Å². The van der Waals surface area contributed by atoms with E-state index in [-0.39, 0.29) is 11.8 Å². The molecule has 2 unspecified atom stereocenters.